The van der Waals surface area contributed by atoms with E-state index in [1.165, 1.54) is 17.7 Å². The second-order valence-electron chi connectivity index (χ2n) is 7.31. The fourth-order valence-corrected chi connectivity index (χ4v) is 4.46. The van der Waals surface area contributed by atoms with Gasteiger partial charge in [-0.25, -0.2) is 4.39 Å². The van der Waals surface area contributed by atoms with Crippen molar-refractivity contribution in [1.29, 1.82) is 0 Å². The molecule has 0 aromatic heterocycles. The van der Waals surface area contributed by atoms with E-state index >= 15 is 0 Å². The Kier molecular flexibility index (Phi) is 5.39. The summed E-state index contributed by atoms with van der Waals surface area (Å²) in [6, 6.07) is 17.1. The minimum Gasteiger partial charge on any atom is -0.492 e. The van der Waals surface area contributed by atoms with Gasteiger partial charge in [0.05, 0.1) is 12.5 Å². The van der Waals surface area contributed by atoms with Crippen molar-refractivity contribution in [3.63, 3.8) is 0 Å². The lowest BCUT2D eigenvalue weighted by atomic mass is 9.93. The number of benzene rings is 2. The molecule has 142 valence electrons. The van der Waals surface area contributed by atoms with Crippen molar-refractivity contribution in [2.24, 2.45) is 5.92 Å². The molecule has 3 atom stereocenters. The Morgan fingerprint density at radius 2 is 1.93 bits per heavy atom. The Hall–Kier alpha value is -2.40. The number of ether oxygens (including phenoxy) is 1. The molecule has 2 aliphatic heterocycles. The summed E-state index contributed by atoms with van der Waals surface area (Å²) >= 11 is 0. The molecular weight excluding hydrogens is 343 g/mol. The number of carbonyl (C=O) groups is 1. The Balaban J connectivity index is 1.31. The molecule has 1 amide bonds. The Morgan fingerprint density at radius 1 is 1.15 bits per heavy atom. The molecule has 2 aromatic carbocycles. The minimum absolute atomic E-state index is 0.0310. The van der Waals surface area contributed by atoms with Gasteiger partial charge in [0, 0.05) is 12.1 Å². The number of halogens is 1. The maximum atomic E-state index is 12.9. The second kappa shape index (κ2) is 8.09. The van der Waals surface area contributed by atoms with Gasteiger partial charge < -0.3 is 10.1 Å². The van der Waals surface area contributed by atoms with Crippen molar-refractivity contribution in [3.8, 4) is 5.75 Å². The van der Waals surface area contributed by atoms with E-state index in [0.29, 0.717) is 31.0 Å². The monoisotopic (exact) mass is 368 g/mol. The van der Waals surface area contributed by atoms with E-state index < -0.39 is 0 Å². The van der Waals surface area contributed by atoms with E-state index in [1.54, 1.807) is 12.1 Å². The molecule has 1 N–H and O–H groups in total. The van der Waals surface area contributed by atoms with Gasteiger partial charge in [0.15, 0.2) is 0 Å². The summed E-state index contributed by atoms with van der Waals surface area (Å²) in [4.78, 5) is 15.3. The fraction of sp³-hybridized carbons (Fsp3) is 0.409. The zero-order chi connectivity index (χ0) is 18.6. The normalized spacial score (nSPS) is 24.6. The Morgan fingerprint density at radius 3 is 2.70 bits per heavy atom. The van der Waals surface area contributed by atoms with Gasteiger partial charge in [-0.05, 0) is 55.6 Å². The first-order chi connectivity index (χ1) is 13.2. The molecule has 2 aromatic rings. The lowest BCUT2D eigenvalue weighted by Crippen LogP contribution is -2.39. The quantitative estimate of drug-likeness (QED) is 0.793. The Labute approximate surface area is 159 Å². The molecule has 2 fully saturated rings. The van der Waals surface area contributed by atoms with Gasteiger partial charge in [0.25, 0.3) is 0 Å². The van der Waals surface area contributed by atoms with Crippen LogP contribution in [0, 0.1) is 11.7 Å². The van der Waals surface area contributed by atoms with Crippen LogP contribution in [0.2, 0.25) is 0 Å². The van der Waals surface area contributed by atoms with Crippen molar-refractivity contribution in [2.75, 3.05) is 19.7 Å². The third-order valence-electron chi connectivity index (χ3n) is 5.69. The van der Waals surface area contributed by atoms with Crippen LogP contribution in [0.5, 0.6) is 5.75 Å². The van der Waals surface area contributed by atoms with Gasteiger partial charge in [-0.15, -0.1) is 0 Å². The van der Waals surface area contributed by atoms with Crippen molar-refractivity contribution >= 4 is 5.91 Å². The van der Waals surface area contributed by atoms with Crippen molar-refractivity contribution in [1.82, 2.24) is 10.2 Å². The molecule has 5 heteroatoms. The largest absolute Gasteiger partial charge is 0.492 e. The fourth-order valence-electron chi connectivity index (χ4n) is 4.46. The third-order valence-corrected chi connectivity index (χ3v) is 5.69. The molecule has 0 spiro atoms. The molecule has 4 rings (SSSR count). The highest BCUT2D eigenvalue weighted by molar-refractivity contribution is 5.80. The van der Waals surface area contributed by atoms with Crippen molar-refractivity contribution < 1.29 is 13.9 Å². The van der Waals surface area contributed by atoms with E-state index in [1.807, 2.05) is 6.07 Å². The van der Waals surface area contributed by atoms with Gasteiger partial charge in [0.2, 0.25) is 5.91 Å². The van der Waals surface area contributed by atoms with Crippen molar-refractivity contribution in [3.05, 3.63) is 66.0 Å². The molecule has 0 saturated carbocycles. The van der Waals surface area contributed by atoms with E-state index in [-0.39, 0.29) is 17.6 Å². The van der Waals surface area contributed by atoms with E-state index in [2.05, 4.69) is 34.5 Å². The van der Waals surface area contributed by atoms with Crippen molar-refractivity contribution in [2.45, 2.75) is 31.3 Å². The average molecular weight is 368 g/mol. The zero-order valence-corrected chi connectivity index (χ0v) is 15.3. The van der Waals surface area contributed by atoms with Gasteiger partial charge in [-0.2, -0.15) is 0 Å². The maximum absolute atomic E-state index is 12.9. The summed E-state index contributed by atoms with van der Waals surface area (Å²) in [5.74, 6) is 0.472. The predicted octanol–water partition coefficient (Wildman–Crippen LogP) is 3.55. The van der Waals surface area contributed by atoms with Crippen LogP contribution < -0.4 is 10.1 Å². The van der Waals surface area contributed by atoms with Crippen LogP contribution in [0.3, 0.4) is 0 Å². The molecule has 2 saturated heterocycles. The second-order valence-corrected chi connectivity index (χ2v) is 7.31. The number of amides is 1. The third kappa shape index (κ3) is 3.98. The summed E-state index contributed by atoms with van der Waals surface area (Å²) in [6.45, 7) is 1.90. The van der Waals surface area contributed by atoms with Crippen LogP contribution in [0.1, 0.15) is 30.9 Å². The number of fused-ring (bicyclic) bond motifs is 1. The molecule has 2 heterocycles. The number of hydrogen-bond acceptors (Lipinski definition) is 3. The van der Waals surface area contributed by atoms with Gasteiger partial charge in [-0.1, -0.05) is 30.3 Å². The summed E-state index contributed by atoms with van der Waals surface area (Å²) < 4.78 is 18.5. The molecular formula is C22H25FN2O2. The van der Waals surface area contributed by atoms with Crippen LogP contribution in [0.4, 0.5) is 4.39 Å². The molecule has 0 bridgehead atoms. The molecule has 0 radical (unpaired) electrons. The van der Waals surface area contributed by atoms with Gasteiger partial charge in [-0.3, -0.25) is 9.69 Å². The summed E-state index contributed by atoms with van der Waals surface area (Å²) in [7, 11) is 0. The zero-order valence-electron chi connectivity index (χ0n) is 15.3. The van der Waals surface area contributed by atoms with Gasteiger partial charge in [0.1, 0.15) is 18.2 Å². The highest BCUT2D eigenvalue weighted by Crippen LogP contribution is 2.44. The molecule has 2 aliphatic rings. The number of carbonyl (C=O) groups excluding carboxylic acids is 1. The average Bonchev–Trinajstić information content (AvgIpc) is 3.30. The smallest absolute Gasteiger partial charge is 0.224 e. The summed E-state index contributed by atoms with van der Waals surface area (Å²) in [5.41, 5.74) is 1.30. The number of nitrogens with zero attached hydrogens (tertiary/aromatic N) is 1. The molecule has 0 aliphatic carbocycles. The van der Waals surface area contributed by atoms with E-state index in [0.717, 1.165) is 25.8 Å². The first-order valence-corrected chi connectivity index (χ1v) is 9.69. The highest BCUT2D eigenvalue weighted by atomic mass is 19.1. The van der Waals surface area contributed by atoms with Crippen LogP contribution >= 0.6 is 0 Å². The molecule has 27 heavy (non-hydrogen) atoms. The minimum atomic E-state index is -0.286. The topological polar surface area (TPSA) is 41.6 Å². The molecule has 0 unspecified atom stereocenters. The van der Waals surface area contributed by atoms with Crippen LogP contribution in [-0.2, 0) is 4.79 Å². The maximum Gasteiger partial charge on any atom is 0.224 e. The summed E-state index contributed by atoms with van der Waals surface area (Å²) in [5, 5.41) is 3.03. The standard InChI is InChI=1S/C22H25FN2O2/c23-17-8-10-18(11-9-17)27-14-12-24-22(26)19-15-21(16-5-2-1-3-6-16)25-13-4-7-20(19)25/h1-3,5-6,8-11,19-21H,4,7,12-15H2,(H,24,26)/t19-,20+,21-/m0/s1. The first kappa shape index (κ1) is 18.0. The van der Waals surface area contributed by atoms with E-state index in [9.17, 15) is 9.18 Å². The first-order valence-electron chi connectivity index (χ1n) is 9.69. The Bertz CT molecular complexity index is 766. The van der Waals surface area contributed by atoms with Gasteiger partial charge >= 0.3 is 0 Å². The lowest BCUT2D eigenvalue weighted by Gasteiger charge is -2.24. The predicted molar refractivity (Wildman–Crippen MR) is 102 cm³/mol. The SMILES string of the molecule is O=C(NCCOc1ccc(F)cc1)[C@H]1C[C@@H](c2ccccc2)N2CCC[C@H]12. The lowest BCUT2D eigenvalue weighted by molar-refractivity contribution is -0.125. The number of rotatable bonds is 6. The number of hydrogen-bond donors (Lipinski definition) is 1. The van der Waals surface area contributed by atoms with Crippen LogP contribution in [0.25, 0.3) is 0 Å². The van der Waals surface area contributed by atoms with E-state index in [4.69, 9.17) is 4.74 Å². The molecule has 4 nitrogen and oxygen atoms in total. The highest BCUT2D eigenvalue weighted by Gasteiger charge is 2.46. The number of nitrogens with one attached hydrogen (secondary N) is 1. The van der Waals surface area contributed by atoms with Crippen LogP contribution in [-0.4, -0.2) is 36.5 Å². The summed E-state index contributed by atoms with van der Waals surface area (Å²) in [6.07, 6.45) is 3.12. The van der Waals surface area contributed by atoms with Crippen LogP contribution in [0.15, 0.2) is 54.6 Å².